The van der Waals surface area contributed by atoms with E-state index >= 15 is 0 Å². The molecule has 6 aromatic carbocycles. The molecule has 0 atom stereocenters. The summed E-state index contributed by atoms with van der Waals surface area (Å²) in [6, 6.07) is 47.6. The zero-order chi connectivity index (χ0) is 51.8. The van der Waals surface area contributed by atoms with E-state index in [1.54, 1.807) is 18.2 Å². The Balaban J connectivity index is 0.000000402. The van der Waals surface area contributed by atoms with Crippen molar-refractivity contribution in [2.24, 2.45) is 0 Å². The van der Waals surface area contributed by atoms with Gasteiger partial charge >= 0.3 is 0 Å². The highest BCUT2D eigenvalue weighted by atomic mass is 14.2. The first-order valence-electron chi connectivity index (χ1n) is 24.9. The van der Waals surface area contributed by atoms with E-state index in [9.17, 15) is 0 Å². The fourth-order valence-corrected chi connectivity index (χ4v) is 5.14. The molecular weight excluding hydrogens is 721 g/mol. The van der Waals surface area contributed by atoms with Gasteiger partial charge in [-0.05, 0) is 65.9 Å². The van der Waals surface area contributed by atoms with Gasteiger partial charge in [0, 0.05) is 0 Å². The summed E-state index contributed by atoms with van der Waals surface area (Å²) in [4.78, 5) is 0. The van der Waals surface area contributed by atoms with Crippen LogP contribution in [0.1, 0.15) is 168 Å². The van der Waals surface area contributed by atoms with Crippen LogP contribution in [0.15, 0.2) is 182 Å². The van der Waals surface area contributed by atoms with Crippen LogP contribution in [0.4, 0.5) is 0 Å². The SMILES string of the molecule is [2H]c1ccc(C(C)(C)C)cc1.[2H]c1ccc(C(C)(C)C)cc1.[2H]c1cccc(C(C)(C)C)c1.[2H]c1cccc(C(C)(C)C)c1.[2H]c1cccc(C(C)(C)C)c1[2H].[2H]c1ccccc1C(C)(C)C. The summed E-state index contributed by atoms with van der Waals surface area (Å²) < 4.78 is 52.2. The van der Waals surface area contributed by atoms with E-state index in [0.717, 1.165) is 11.1 Å². The molecule has 0 saturated heterocycles. The monoisotopic (exact) mass is 812 g/mol. The number of hydrogen-bond donors (Lipinski definition) is 0. The van der Waals surface area contributed by atoms with Crippen molar-refractivity contribution in [1.29, 1.82) is 0 Å². The second kappa shape index (κ2) is 24.5. The smallest absolute Gasteiger partial charge is 0.0622 e. The van der Waals surface area contributed by atoms with Crippen molar-refractivity contribution in [3.63, 3.8) is 0 Å². The molecule has 0 spiro atoms. The van der Waals surface area contributed by atoms with Crippen LogP contribution in [0.2, 0.25) is 0 Å². The molecule has 0 N–H and O–H groups in total. The normalized spacial score (nSPS) is 13.1. The van der Waals surface area contributed by atoms with E-state index in [1.807, 2.05) is 109 Å². The molecule has 0 aromatic heterocycles. The predicted molar refractivity (Wildman–Crippen MR) is 271 cm³/mol. The van der Waals surface area contributed by atoms with E-state index in [0.29, 0.717) is 42.3 Å². The van der Waals surface area contributed by atoms with Crippen LogP contribution in [0.3, 0.4) is 0 Å². The summed E-state index contributed by atoms with van der Waals surface area (Å²) in [7, 11) is 0. The maximum absolute atomic E-state index is 7.66. The topological polar surface area (TPSA) is 0 Å². The molecule has 6 aromatic rings. The standard InChI is InChI=1S/6C10H14/c6*1-10(2,3)9-7-5-4-6-8-9/h6*4-8H,1-3H3/i5D,7D;7D;2*5D;2*4D. The van der Waals surface area contributed by atoms with Crippen molar-refractivity contribution in [3.05, 3.63) is 215 Å². The molecule has 0 radical (unpaired) electrons. The second-order valence-electron chi connectivity index (χ2n) is 21.1. The highest BCUT2D eigenvalue weighted by molar-refractivity contribution is 5.26. The molecule has 324 valence electrons. The van der Waals surface area contributed by atoms with Crippen molar-refractivity contribution < 1.29 is 9.60 Å². The minimum absolute atomic E-state index is 0.0336. The summed E-state index contributed by atoms with van der Waals surface area (Å²) in [5.41, 5.74) is 7.87. The van der Waals surface area contributed by atoms with Crippen LogP contribution in [0, 0.1) is 0 Å². The highest BCUT2D eigenvalue weighted by Gasteiger charge is 2.15. The average Bonchev–Trinajstić information content (AvgIpc) is 3.19. The highest BCUT2D eigenvalue weighted by Crippen LogP contribution is 2.24. The van der Waals surface area contributed by atoms with E-state index in [2.05, 4.69) is 137 Å². The Kier molecular flexibility index (Phi) is 17.2. The Labute approximate surface area is 380 Å². The predicted octanol–water partition coefficient (Wildman–Crippen LogP) is 17.9. The third-order valence-electron chi connectivity index (χ3n) is 9.29. The number of benzene rings is 6. The maximum Gasteiger partial charge on any atom is 0.0626 e. The van der Waals surface area contributed by atoms with Gasteiger partial charge < -0.3 is 0 Å². The minimum atomic E-state index is -0.0336. The third kappa shape index (κ3) is 23.2. The van der Waals surface area contributed by atoms with Crippen LogP contribution >= 0.6 is 0 Å². The van der Waals surface area contributed by atoms with Gasteiger partial charge in [0.25, 0.3) is 0 Å². The summed E-state index contributed by atoms with van der Waals surface area (Å²) in [6.45, 7) is 38.5. The van der Waals surface area contributed by atoms with Crippen LogP contribution in [-0.2, 0) is 32.5 Å². The van der Waals surface area contributed by atoms with Gasteiger partial charge in [-0.25, -0.2) is 0 Å². The Morgan fingerprint density at radius 3 is 0.733 bits per heavy atom. The second-order valence-corrected chi connectivity index (χ2v) is 21.1. The van der Waals surface area contributed by atoms with Crippen molar-refractivity contribution in [3.8, 4) is 0 Å². The van der Waals surface area contributed by atoms with E-state index in [-0.39, 0.29) is 32.5 Å². The van der Waals surface area contributed by atoms with Crippen molar-refractivity contribution in [2.75, 3.05) is 0 Å². The lowest BCUT2D eigenvalue weighted by Gasteiger charge is -2.18. The molecular formula is C60H84. The van der Waals surface area contributed by atoms with Crippen LogP contribution < -0.4 is 0 Å². The molecule has 0 amide bonds. The molecule has 0 heterocycles. The Bertz CT molecular complexity index is 2240. The summed E-state index contributed by atoms with van der Waals surface area (Å²) >= 11 is 0. The zero-order valence-corrected chi connectivity index (χ0v) is 40.8. The first-order chi connectivity index (χ1) is 30.4. The molecule has 0 bridgehead atoms. The Hall–Kier alpha value is -4.68. The van der Waals surface area contributed by atoms with Crippen LogP contribution in [0.5, 0.6) is 0 Å². The quantitative estimate of drug-likeness (QED) is 0.143. The number of hydrogen-bond acceptors (Lipinski definition) is 0. The van der Waals surface area contributed by atoms with Crippen molar-refractivity contribution >= 4 is 0 Å². The van der Waals surface area contributed by atoms with Gasteiger partial charge in [0.2, 0.25) is 0 Å². The van der Waals surface area contributed by atoms with E-state index in [4.69, 9.17) is 9.60 Å². The Morgan fingerprint density at radius 1 is 0.217 bits per heavy atom. The summed E-state index contributed by atoms with van der Waals surface area (Å²) in [5.74, 6) is 0. The van der Waals surface area contributed by atoms with Gasteiger partial charge in [0.1, 0.15) is 0 Å². The minimum Gasteiger partial charge on any atom is -0.0622 e. The van der Waals surface area contributed by atoms with Gasteiger partial charge in [-0.1, -0.05) is 306 Å². The molecule has 6 rings (SSSR count). The maximum atomic E-state index is 7.66. The lowest BCUT2D eigenvalue weighted by atomic mass is 9.87. The molecule has 0 saturated carbocycles. The summed E-state index contributed by atoms with van der Waals surface area (Å²) in [5, 5.41) is 0. The lowest BCUT2D eigenvalue weighted by Crippen LogP contribution is -2.10. The van der Waals surface area contributed by atoms with Gasteiger partial charge in [-0.3, -0.25) is 0 Å². The van der Waals surface area contributed by atoms with E-state index in [1.165, 1.54) is 22.3 Å². The van der Waals surface area contributed by atoms with Gasteiger partial charge in [-0.2, -0.15) is 0 Å². The molecule has 0 unspecified atom stereocenters. The fourth-order valence-electron chi connectivity index (χ4n) is 5.14. The average molecular weight is 812 g/mol. The summed E-state index contributed by atoms with van der Waals surface area (Å²) in [6.07, 6.45) is 0. The Morgan fingerprint density at radius 2 is 0.467 bits per heavy atom. The molecule has 0 aliphatic rings. The molecule has 0 fully saturated rings. The molecule has 60 heavy (non-hydrogen) atoms. The third-order valence-corrected chi connectivity index (χ3v) is 9.29. The lowest BCUT2D eigenvalue weighted by molar-refractivity contribution is 0.590. The first kappa shape index (κ1) is 42.0. The van der Waals surface area contributed by atoms with Crippen LogP contribution in [-0.4, -0.2) is 0 Å². The van der Waals surface area contributed by atoms with E-state index < -0.39 is 0 Å². The largest absolute Gasteiger partial charge is 0.0626 e. The van der Waals surface area contributed by atoms with Crippen LogP contribution in [0.25, 0.3) is 0 Å². The van der Waals surface area contributed by atoms with Crippen molar-refractivity contribution in [2.45, 2.75) is 157 Å². The fraction of sp³-hybridized carbons (Fsp3) is 0.400. The van der Waals surface area contributed by atoms with Gasteiger partial charge in [0.05, 0.1) is 9.60 Å². The van der Waals surface area contributed by atoms with Gasteiger partial charge in [-0.15, -0.1) is 0 Å². The molecule has 0 nitrogen and oxygen atoms in total. The molecule has 0 aliphatic carbocycles. The number of rotatable bonds is 0. The van der Waals surface area contributed by atoms with Crippen molar-refractivity contribution in [1.82, 2.24) is 0 Å². The first-order valence-corrected chi connectivity index (χ1v) is 21.4. The molecule has 0 heteroatoms. The molecule has 0 aliphatic heterocycles. The zero-order valence-electron chi connectivity index (χ0n) is 47.8. The van der Waals surface area contributed by atoms with Gasteiger partial charge in [0.15, 0.2) is 0 Å².